The largest absolute Gasteiger partial charge is 0.493 e. The van der Waals surface area contributed by atoms with Crippen molar-refractivity contribution in [1.29, 1.82) is 0 Å². The van der Waals surface area contributed by atoms with Crippen LogP contribution >= 0.6 is 0 Å². The molecule has 2 aromatic carbocycles. The van der Waals surface area contributed by atoms with E-state index in [1.54, 1.807) is 49.4 Å². The monoisotopic (exact) mass is 400 g/mol. The maximum atomic E-state index is 12.4. The molecule has 0 aliphatic rings. The molecule has 0 saturated heterocycles. The Hall–Kier alpha value is -3.48. The Morgan fingerprint density at radius 2 is 1.55 bits per heavy atom. The SMILES string of the molecule is CCOC(=O)COc1ccc(C(=O)/C=C/c2cc(OC)c(OC)c(OC)c2)cc1. The number of hydrogen-bond acceptors (Lipinski definition) is 7. The van der Waals surface area contributed by atoms with Gasteiger partial charge in [-0.15, -0.1) is 0 Å². The fourth-order valence-corrected chi connectivity index (χ4v) is 2.53. The Morgan fingerprint density at radius 1 is 0.931 bits per heavy atom. The summed E-state index contributed by atoms with van der Waals surface area (Å²) in [6.45, 7) is 1.85. The van der Waals surface area contributed by atoms with Crippen LogP contribution in [0.15, 0.2) is 42.5 Å². The summed E-state index contributed by atoms with van der Waals surface area (Å²) in [7, 11) is 4.59. The normalized spacial score (nSPS) is 10.5. The molecule has 2 rings (SSSR count). The molecule has 0 aliphatic carbocycles. The molecule has 7 nitrogen and oxygen atoms in total. The Labute approximate surface area is 169 Å². The van der Waals surface area contributed by atoms with Gasteiger partial charge in [0.05, 0.1) is 27.9 Å². The van der Waals surface area contributed by atoms with Crippen LogP contribution in [0.2, 0.25) is 0 Å². The lowest BCUT2D eigenvalue weighted by atomic mass is 10.1. The van der Waals surface area contributed by atoms with E-state index in [1.165, 1.54) is 27.4 Å². The van der Waals surface area contributed by atoms with E-state index in [2.05, 4.69) is 0 Å². The van der Waals surface area contributed by atoms with Gasteiger partial charge in [0.25, 0.3) is 0 Å². The highest BCUT2D eigenvalue weighted by Gasteiger charge is 2.12. The van der Waals surface area contributed by atoms with Crippen LogP contribution in [0.25, 0.3) is 6.08 Å². The van der Waals surface area contributed by atoms with Gasteiger partial charge in [0.15, 0.2) is 23.9 Å². The summed E-state index contributed by atoms with van der Waals surface area (Å²) < 4.78 is 26.0. The van der Waals surface area contributed by atoms with Crippen molar-refractivity contribution in [2.24, 2.45) is 0 Å². The van der Waals surface area contributed by atoms with Crippen molar-refractivity contribution in [3.05, 3.63) is 53.6 Å². The first-order valence-corrected chi connectivity index (χ1v) is 8.93. The van der Waals surface area contributed by atoms with Crippen LogP contribution in [0.1, 0.15) is 22.8 Å². The van der Waals surface area contributed by atoms with Crippen molar-refractivity contribution < 1.29 is 33.3 Å². The minimum absolute atomic E-state index is 0.178. The Balaban J connectivity index is 2.08. The van der Waals surface area contributed by atoms with E-state index < -0.39 is 5.97 Å². The molecule has 7 heteroatoms. The summed E-state index contributed by atoms with van der Waals surface area (Å²) in [5, 5.41) is 0. The average Bonchev–Trinajstić information content (AvgIpc) is 2.75. The van der Waals surface area contributed by atoms with Crippen LogP contribution in [0.3, 0.4) is 0 Å². The lowest BCUT2D eigenvalue weighted by Gasteiger charge is -2.12. The van der Waals surface area contributed by atoms with Gasteiger partial charge in [0.2, 0.25) is 5.75 Å². The third-order valence-corrected chi connectivity index (χ3v) is 3.92. The zero-order chi connectivity index (χ0) is 21.2. The topological polar surface area (TPSA) is 80.3 Å². The molecule has 0 fully saturated rings. The van der Waals surface area contributed by atoms with Gasteiger partial charge >= 0.3 is 5.97 Å². The number of benzene rings is 2. The quantitative estimate of drug-likeness (QED) is 0.343. The summed E-state index contributed by atoms with van der Waals surface area (Å²) in [5.41, 5.74) is 1.21. The molecule has 0 radical (unpaired) electrons. The van der Waals surface area contributed by atoms with E-state index in [0.717, 1.165) is 5.56 Å². The maximum absolute atomic E-state index is 12.4. The molecule has 0 N–H and O–H groups in total. The summed E-state index contributed by atoms with van der Waals surface area (Å²) in [5.74, 6) is 1.33. The minimum Gasteiger partial charge on any atom is -0.493 e. The third-order valence-electron chi connectivity index (χ3n) is 3.92. The van der Waals surface area contributed by atoms with E-state index in [1.807, 2.05) is 0 Å². The van der Waals surface area contributed by atoms with Gasteiger partial charge in [-0.25, -0.2) is 4.79 Å². The highest BCUT2D eigenvalue weighted by Crippen LogP contribution is 2.38. The summed E-state index contributed by atoms with van der Waals surface area (Å²) in [6, 6.07) is 10.00. The Bertz CT molecular complexity index is 844. The van der Waals surface area contributed by atoms with E-state index in [4.69, 9.17) is 23.7 Å². The zero-order valence-electron chi connectivity index (χ0n) is 16.9. The maximum Gasteiger partial charge on any atom is 0.344 e. The molecule has 0 aromatic heterocycles. The fraction of sp³-hybridized carbons (Fsp3) is 0.273. The van der Waals surface area contributed by atoms with Crippen molar-refractivity contribution >= 4 is 17.8 Å². The molecule has 0 bridgehead atoms. The number of carbonyl (C=O) groups is 2. The second-order valence-corrected chi connectivity index (χ2v) is 5.77. The molecule has 0 saturated carbocycles. The number of allylic oxidation sites excluding steroid dienone is 1. The lowest BCUT2D eigenvalue weighted by molar-refractivity contribution is -0.145. The molecular weight excluding hydrogens is 376 g/mol. The first kappa shape index (κ1) is 21.8. The van der Waals surface area contributed by atoms with Crippen LogP contribution in [0.4, 0.5) is 0 Å². The number of hydrogen-bond donors (Lipinski definition) is 0. The van der Waals surface area contributed by atoms with Crippen molar-refractivity contribution in [2.75, 3.05) is 34.5 Å². The molecular formula is C22H24O7. The van der Waals surface area contributed by atoms with E-state index in [-0.39, 0.29) is 12.4 Å². The second kappa shape index (κ2) is 10.8. The molecule has 2 aromatic rings. The van der Waals surface area contributed by atoms with Gasteiger partial charge in [-0.3, -0.25) is 4.79 Å². The molecule has 0 unspecified atom stereocenters. The smallest absolute Gasteiger partial charge is 0.344 e. The highest BCUT2D eigenvalue weighted by atomic mass is 16.6. The highest BCUT2D eigenvalue weighted by molar-refractivity contribution is 6.06. The molecule has 0 atom stereocenters. The molecule has 154 valence electrons. The zero-order valence-corrected chi connectivity index (χ0v) is 16.9. The Morgan fingerprint density at radius 3 is 2.07 bits per heavy atom. The summed E-state index contributed by atoms with van der Waals surface area (Å²) in [4.78, 5) is 23.7. The second-order valence-electron chi connectivity index (χ2n) is 5.77. The van der Waals surface area contributed by atoms with Crippen LogP contribution in [0.5, 0.6) is 23.0 Å². The number of carbonyl (C=O) groups excluding carboxylic acids is 2. The van der Waals surface area contributed by atoms with Crippen molar-refractivity contribution in [3.8, 4) is 23.0 Å². The van der Waals surface area contributed by atoms with Crippen LogP contribution in [0, 0.1) is 0 Å². The number of esters is 1. The number of rotatable bonds is 10. The van der Waals surface area contributed by atoms with Crippen molar-refractivity contribution in [3.63, 3.8) is 0 Å². The molecule has 0 amide bonds. The van der Waals surface area contributed by atoms with Gasteiger partial charge in [-0.1, -0.05) is 6.08 Å². The minimum atomic E-state index is -0.444. The van der Waals surface area contributed by atoms with Crippen LogP contribution < -0.4 is 18.9 Å². The molecule has 0 aliphatic heterocycles. The van der Waals surface area contributed by atoms with Gasteiger partial charge in [-0.05, 0) is 55.0 Å². The van der Waals surface area contributed by atoms with E-state index in [0.29, 0.717) is 35.2 Å². The predicted molar refractivity (Wildman–Crippen MR) is 108 cm³/mol. The van der Waals surface area contributed by atoms with Crippen LogP contribution in [-0.2, 0) is 9.53 Å². The van der Waals surface area contributed by atoms with E-state index >= 15 is 0 Å². The van der Waals surface area contributed by atoms with Crippen molar-refractivity contribution in [1.82, 2.24) is 0 Å². The number of ether oxygens (including phenoxy) is 5. The van der Waals surface area contributed by atoms with Gasteiger partial charge in [0.1, 0.15) is 5.75 Å². The first-order chi connectivity index (χ1) is 14.0. The molecule has 0 spiro atoms. The number of methoxy groups -OCH3 is 3. The van der Waals surface area contributed by atoms with Gasteiger partial charge in [0, 0.05) is 5.56 Å². The third kappa shape index (κ3) is 6.00. The van der Waals surface area contributed by atoms with Crippen LogP contribution in [-0.4, -0.2) is 46.3 Å². The molecule has 29 heavy (non-hydrogen) atoms. The summed E-state index contributed by atoms with van der Waals surface area (Å²) >= 11 is 0. The average molecular weight is 400 g/mol. The first-order valence-electron chi connectivity index (χ1n) is 8.93. The van der Waals surface area contributed by atoms with Gasteiger partial charge < -0.3 is 23.7 Å². The van der Waals surface area contributed by atoms with Crippen molar-refractivity contribution in [2.45, 2.75) is 6.92 Å². The summed E-state index contributed by atoms with van der Waals surface area (Å²) in [6.07, 6.45) is 3.12. The standard InChI is InChI=1S/C22H24O7/c1-5-28-21(24)14-29-17-9-7-16(8-10-17)18(23)11-6-15-12-19(25-2)22(27-4)20(13-15)26-3/h6-13H,5,14H2,1-4H3/b11-6+. The van der Waals surface area contributed by atoms with Gasteiger partial charge in [-0.2, -0.15) is 0 Å². The van der Waals surface area contributed by atoms with E-state index in [9.17, 15) is 9.59 Å². The Kier molecular flexibility index (Phi) is 8.09. The predicted octanol–water partition coefficient (Wildman–Crippen LogP) is 3.55. The molecule has 0 heterocycles. The lowest BCUT2D eigenvalue weighted by Crippen LogP contribution is -2.14. The fourth-order valence-electron chi connectivity index (χ4n) is 2.53. The number of ketones is 1.